The molecular formula is C54H33FN2O. The van der Waals surface area contributed by atoms with Crippen molar-refractivity contribution in [2.75, 3.05) is 9.80 Å². The van der Waals surface area contributed by atoms with Crippen molar-refractivity contribution >= 4 is 99.2 Å². The lowest BCUT2D eigenvalue weighted by Gasteiger charge is -2.30. The van der Waals surface area contributed by atoms with E-state index in [-0.39, 0.29) is 5.82 Å². The molecule has 0 N–H and O–H groups in total. The van der Waals surface area contributed by atoms with Crippen molar-refractivity contribution in [3.63, 3.8) is 0 Å². The third-order valence-corrected chi connectivity index (χ3v) is 11.8. The van der Waals surface area contributed by atoms with Crippen LogP contribution >= 0.6 is 0 Å². The highest BCUT2D eigenvalue weighted by Gasteiger charge is 2.25. The van der Waals surface area contributed by atoms with Crippen molar-refractivity contribution in [3.8, 4) is 11.1 Å². The summed E-state index contributed by atoms with van der Waals surface area (Å²) in [6, 6.07) is 69.0. The van der Waals surface area contributed by atoms with Gasteiger partial charge in [-0.1, -0.05) is 140 Å². The van der Waals surface area contributed by atoms with Crippen LogP contribution in [0.3, 0.4) is 0 Å². The Hall–Kier alpha value is -7.69. The Bertz CT molecular complexity index is 3480. The number of nitrogens with zero attached hydrogens (tertiary/aromatic N) is 2. The van der Waals surface area contributed by atoms with Crippen molar-refractivity contribution < 1.29 is 8.81 Å². The molecule has 0 radical (unpaired) electrons. The molecule has 0 bridgehead atoms. The van der Waals surface area contributed by atoms with Crippen molar-refractivity contribution in [1.29, 1.82) is 0 Å². The summed E-state index contributed by atoms with van der Waals surface area (Å²) in [6.45, 7) is 0. The number of benzene rings is 11. The highest BCUT2D eigenvalue weighted by molar-refractivity contribution is 6.28. The molecule has 4 heteroatoms. The molecule has 1 aromatic heterocycles. The lowest BCUT2D eigenvalue weighted by atomic mass is 9.91. The Balaban J connectivity index is 1.12. The largest absolute Gasteiger partial charge is 0.456 e. The molecular weight excluding hydrogens is 712 g/mol. The second kappa shape index (κ2) is 12.7. The van der Waals surface area contributed by atoms with Crippen LogP contribution in [0.25, 0.3) is 76.2 Å². The topological polar surface area (TPSA) is 19.6 Å². The van der Waals surface area contributed by atoms with Gasteiger partial charge in [0.15, 0.2) is 0 Å². The first-order chi connectivity index (χ1) is 28.7. The Morgan fingerprint density at radius 3 is 1.66 bits per heavy atom. The van der Waals surface area contributed by atoms with Crippen molar-refractivity contribution in [2.45, 2.75) is 0 Å². The van der Waals surface area contributed by atoms with Gasteiger partial charge >= 0.3 is 0 Å². The summed E-state index contributed by atoms with van der Waals surface area (Å²) in [5.74, 6) is -0.289. The fraction of sp³-hybridized carbons (Fsp3) is 0. The number of rotatable bonds is 7. The van der Waals surface area contributed by atoms with Crippen LogP contribution in [0.1, 0.15) is 0 Å². The van der Waals surface area contributed by atoms with E-state index in [1.807, 2.05) is 42.5 Å². The second-order valence-electron chi connectivity index (χ2n) is 15.0. The molecule has 12 rings (SSSR count). The zero-order valence-corrected chi connectivity index (χ0v) is 31.2. The highest BCUT2D eigenvalue weighted by atomic mass is 19.1. The van der Waals surface area contributed by atoms with Crippen LogP contribution in [0, 0.1) is 5.82 Å². The molecule has 0 spiro atoms. The van der Waals surface area contributed by atoms with E-state index in [2.05, 4.69) is 155 Å². The molecule has 0 aliphatic carbocycles. The van der Waals surface area contributed by atoms with Gasteiger partial charge in [-0.3, -0.25) is 0 Å². The summed E-state index contributed by atoms with van der Waals surface area (Å²) in [6.07, 6.45) is 0. The average molecular weight is 745 g/mol. The number of halogens is 1. The van der Waals surface area contributed by atoms with E-state index in [0.717, 1.165) is 93.8 Å². The lowest BCUT2D eigenvalue weighted by molar-refractivity contribution is 0.629. The molecule has 272 valence electrons. The van der Waals surface area contributed by atoms with Crippen molar-refractivity contribution in [1.82, 2.24) is 0 Å². The first-order valence-corrected chi connectivity index (χ1v) is 19.6. The van der Waals surface area contributed by atoms with E-state index in [1.54, 1.807) is 12.1 Å². The minimum Gasteiger partial charge on any atom is -0.456 e. The Labute approximate surface area is 333 Å². The van der Waals surface area contributed by atoms with E-state index in [4.69, 9.17) is 4.42 Å². The van der Waals surface area contributed by atoms with E-state index in [1.165, 1.54) is 10.8 Å². The second-order valence-corrected chi connectivity index (χ2v) is 15.0. The number of hydrogen-bond acceptors (Lipinski definition) is 3. The van der Waals surface area contributed by atoms with E-state index < -0.39 is 0 Å². The van der Waals surface area contributed by atoms with E-state index >= 15 is 4.39 Å². The zero-order valence-electron chi connectivity index (χ0n) is 31.2. The quantitative estimate of drug-likeness (QED) is 0.152. The first kappa shape index (κ1) is 32.5. The number of furan rings is 1. The Kier molecular flexibility index (Phi) is 7.11. The smallest absolute Gasteiger partial charge is 0.147 e. The molecule has 0 unspecified atom stereocenters. The van der Waals surface area contributed by atoms with Gasteiger partial charge in [0, 0.05) is 38.9 Å². The Morgan fingerprint density at radius 1 is 0.345 bits per heavy atom. The molecule has 0 fully saturated rings. The molecule has 1 heterocycles. The highest BCUT2D eigenvalue weighted by Crippen LogP contribution is 2.50. The lowest BCUT2D eigenvalue weighted by Crippen LogP contribution is -2.13. The third kappa shape index (κ3) is 4.85. The molecule has 3 nitrogen and oxygen atoms in total. The summed E-state index contributed by atoms with van der Waals surface area (Å²) in [5.41, 5.74) is 9.26. The van der Waals surface area contributed by atoms with Gasteiger partial charge in [-0.25, -0.2) is 4.39 Å². The molecule has 0 aliphatic rings. The van der Waals surface area contributed by atoms with Gasteiger partial charge in [0.1, 0.15) is 17.0 Å². The summed E-state index contributed by atoms with van der Waals surface area (Å²) >= 11 is 0. The predicted molar refractivity (Wildman–Crippen MR) is 241 cm³/mol. The number of anilines is 6. The van der Waals surface area contributed by atoms with Crippen LogP contribution in [-0.4, -0.2) is 0 Å². The SMILES string of the molecule is Fc1ccccc1N(c1ccccc1-c1ccccc1)c1ccc2ccc3c(N(c4ccccc4)c4cc5ccc6cccc7oc(c4)c5c67)ccc4ccc1c2c43. The fourth-order valence-corrected chi connectivity index (χ4v) is 9.29. The van der Waals surface area contributed by atoms with Gasteiger partial charge in [-0.15, -0.1) is 0 Å². The molecule has 12 aromatic rings. The maximum Gasteiger partial charge on any atom is 0.147 e. The molecule has 0 saturated carbocycles. The fourth-order valence-electron chi connectivity index (χ4n) is 9.29. The molecule has 0 amide bonds. The van der Waals surface area contributed by atoms with Crippen LogP contribution < -0.4 is 9.80 Å². The minimum atomic E-state index is -0.289. The summed E-state index contributed by atoms with van der Waals surface area (Å²) in [4.78, 5) is 4.44. The molecule has 58 heavy (non-hydrogen) atoms. The predicted octanol–water partition coefficient (Wildman–Crippen LogP) is 15.8. The minimum absolute atomic E-state index is 0.289. The summed E-state index contributed by atoms with van der Waals surface area (Å²) in [7, 11) is 0. The van der Waals surface area contributed by atoms with Gasteiger partial charge in [-0.2, -0.15) is 0 Å². The van der Waals surface area contributed by atoms with Gasteiger partial charge in [0.05, 0.1) is 28.4 Å². The van der Waals surface area contributed by atoms with Crippen LogP contribution in [0.2, 0.25) is 0 Å². The standard InChI is InChI=1S/C54H33FN2O/c55-44-18-8-10-20-48(44)57(45-19-9-7-17-41(45)34-12-3-1-4-13-34)47-31-27-37-24-28-42-46(30-26-36-25-29-43(47)52(37)51(36)42)56(39-15-5-2-6-16-39)40-32-38-23-22-35-14-11-21-49-53(35)54(38)50(33-40)58-49/h1-33H. The molecule has 0 atom stereocenters. The Morgan fingerprint density at radius 2 is 0.914 bits per heavy atom. The van der Waals surface area contributed by atoms with Gasteiger partial charge in [0.2, 0.25) is 0 Å². The van der Waals surface area contributed by atoms with Crippen LogP contribution in [0.5, 0.6) is 0 Å². The zero-order chi connectivity index (χ0) is 38.3. The third-order valence-electron chi connectivity index (χ3n) is 11.8. The molecule has 0 saturated heterocycles. The first-order valence-electron chi connectivity index (χ1n) is 19.6. The average Bonchev–Trinajstić information content (AvgIpc) is 3.67. The maximum absolute atomic E-state index is 16.2. The summed E-state index contributed by atoms with van der Waals surface area (Å²) in [5, 5.41) is 11.4. The van der Waals surface area contributed by atoms with Gasteiger partial charge in [0.25, 0.3) is 0 Å². The van der Waals surface area contributed by atoms with Crippen LogP contribution in [-0.2, 0) is 0 Å². The molecule has 11 aromatic carbocycles. The van der Waals surface area contributed by atoms with Crippen LogP contribution in [0.15, 0.2) is 205 Å². The molecule has 0 aliphatic heterocycles. The van der Waals surface area contributed by atoms with Crippen molar-refractivity contribution in [3.05, 3.63) is 206 Å². The summed E-state index contributed by atoms with van der Waals surface area (Å²) < 4.78 is 22.7. The van der Waals surface area contributed by atoms with Crippen molar-refractivity contribution in [2.24, 2.45) is 0 Å². The maximum atomic E-state index is 16.2. The van der Waals surface area contributed by atoms with E-state index in [9.17, 15) is 0 Å². The number of para-hydroxylation sites is 3. The van der Waals surface area contributed by atoms with E-state index in [0.29, 0.717) is 5.69 Å². The monoisotopic (exact) mass is 744 g/mol. The van der Waals surface area contributed by atoms with Crippen LogP contribution in [0.4, 0.5) is 38.5 Å². The normalized spacial score (nSPS) is 11.9. The van der Waals surface area contributed by atoms with Gasteiger partial charge < -0.3 is 14.2 Å². The van der Waals surface area contributed by atoms with Gasteiger partial charge in [-0.05, 0) is 92.5 Å². The number of hydrogen-bond donors (Lipinski definition) is 0.